The van der Waals surface area contributed by atoms with Crippen molar-refractivity contribution >= 4 is 0 Å². The minimum Gasteiger partial charge on any atom is -0.872 e. The van der Waals surface area contributed by atoms with Crippen molar-refractivity contribution in [3.05, 3.63) is 48.5 Å². The van der Waals surface area contributed by atoms with Crippen molar-refractivity contribution in [2.75, 3.05) is 7.11 Å². The third-order valence-corrected chi connectivity index (χ3v) is 2.28. The Labute approximate surface area is 117 Å². The molecule has 2 aromatic rings. The smallest absolute Gasteiger partial charge is 0.872 e. The van der Waals surface area contributed by atoms with Gasteiger partial charge < -0.3 is 9.84 Å². The van der Waals surface area contributed by atoms with Gasteiger partial charge in [-0.2, -0.15) is 0 Å². The van der Waals surface area contributed by atoms with Gasteiger partial charge >= 0.3 is 29.6 Å². The van der Waals surface area contributed by atoms with Crippen molar-refractivity contribution < 1.29 is 39.4 Å². The second-order valence-corrected chi connectivity index (χ2v) is 3.25. The zero-order valence-electron chi connectivity index (χ0n) is 9.44. The molecule has 0 amide bonds. The molecule has 0 unspecified atom stereocenters. The molecular weight excluding hydrogens is 211 g/mol. The first-order valence-electron chi connectivity index (χ1n) is 4.71. The van der Waals surface area contributed by atoms with E-state index in [4.69, 9.17) is 4.74 Å². The largest absolute Gasteiger partial charge is 1.00 e. The Morgan fingerprint density at radius 1 is 0.812 bits per heavy atom. The van der Waals surface area contributed by atoms with Crippen LogP contribution in [0.4, 0.5) is 0 Å². The number of ether oxygens (including phenoxy) is 1. The van der Waals surface area contributed by atoms with Gasteiger partial charge in [-0.15, -0.1) is 5.75 Å². The third-order valence-electron chi connectivity index (χ3n) is 2.28. The average Bonchev–Trinajstić information content (AvgIpc) is 2.30. The van der Waals surface area contributed by atoms with Crippen LogP contribution in [0.5, 0.6) is 11.5 Å². The zero-order valence-corrected chi connectivity index (χ0v) is 11.4. The first-order chi connectivity index (χ1) is 7.29. The summed E-state index contributed by atoms with van der Waals surface area (Å²) in [5.41, 5.74) is 2.12. The summed E-state index contributed by atoms with van der Waals surface area (Å²) in [6.07, 6.45) is 0. The molecule has 76 valence electrons. The van der Waals surface area contributed by atoms with Crippen LogP contribution >= 0.6 is 0 Å². The molecular formula is C13H11NaO2. The molecule has 16 heavy (non-hydrogen) atoms. The molecule has 2 nitrogen and oxygen atoms in total. The predicted molar refractivity (Wildman–Crippen MR) is 57.9 cm³/mol. The second-order valence-electron chi connectivity index (χ2n) is 3.25. The van der Waals surface area contributed by atoms with E-state index < -0.39 is 0 Å². The van der Waals surface area contributed by atoms with Gasteiger partial charge in [0.1, 0.15) is 5.75 Å². The minimum absolute atomic E-state index is 0. The van der Waals surface area contributed by atoms with Crippen LogP contribution in [0.1, 0.15) is 0 Å². The molecule has 0 aliphatic rings. The number of rotatable bonds is 2. The maximum atomic E-state index is 10.9. The Hall–Kier alpha value is -0.960. The molecule has 0 aliphatic heterocycles. The van der Waals surface area contributed by atoms with Crippen molar-refractivity contribution in [2.24, 2.45) is 0 Å². The van der Waals surface area contributed by atoms with E-state index >= 15 is 0 Å². The predicted octanol–water partition coefficient (Wildman–Crippen LogP) is -0.560. The Morgan fingerprint density at radius 3 is 1.69 bits per heavy atom. The van der Waals surface area contributed by atoms with Crippen molar-refractivity contribution in [2.45, 2.75) is 0 Å². The summed E-state index contributed by atoms with van der Waals surface area (Å²) in [4.78, 5) is 0. The van der Waals surface area contributed by atoms with Gasteiger partial charge in [0, 0.05) is 0 Å². The molecule has 0 spiro atoms. The van der Waals surface area contributed by atoms with E-state index in [1.54, 1.807) is 19.2 Å². The summed E-state index contributed by atoms with van der Waals surface area (Å²) in [7, 11) is 1.64. The van der Waals surface area contributed by atoms with Gasteiger partial charge in [0.15, 0.2) is 0 Å². The number of hydrogen-bond acceptors (Lipinski definition) is 2. The fourth-order valence-corrected chi connectivity index (χ4v) is 1.43. The van der Waals surface area contributed by atoms with Crippen LogP contribution in [-0.2, 0) is 0 Å². The molecule has 0 saturated carbocycles. The van der Waals surface area contributed by atoms with E-state index in [1.165, 1.54) is 0 Å². The molecule has 0 atom stereocenters. The fourth-order valence-electron chi connectivity index (χ4n) is 1.43. The molecule has 0 radical (unpaired) electrons. The van der Waals surface area contributed by atoms with Gasteiger partial charge in [0.2, 0.25) is 0 Å². The topological polar surface area (TPSA) is 32.3 Å². The molecule has 0 aliphatic carbocycles. The Bertz CT molecular complexity index is 434. The minimum atomic E-state index is 0. The Morgan fingerprint density at radius 2 is 1.25 bits per heavy atom. The van der Waals surface area contributed by atoms with Gasteiger partial charge in [-0.05, 0) is 23.3 Å². The molecule has 2 aromatic carbocycles. The summed E-state index contributed by atoms with van der Waals surface area (Å²) in [5.74, 6) is 0.867. The van der Waals surface area contributed by atoms with Crippen LogP contribution in [0.2, 0.25) is 0 Å². The van der Waals surface area contributed by atoms with E-state index in [9.17, 15) is 5.11 Å². The number of hydrogen-bond donors (Lipinski definition) is 0. The van der Waals surface area contributed by atoms with Gasteiger partial charge in [0.25, 0.3) is 0 Å². The maximum Gasteiger partial charge on any atom is 1.00 e. The molecule has 0 aromatic heterocycles. The van der Waals surface area contributed by atoms with Crippen LogP contribution in [0, 0.1) is 0 Å². The zero-order chi connectivity index (χ0) is 10.7. The van der Waals surface area contributed by atoms with E-state index in [1.807, 2.05) is 36.4 Å². The van der Waals surface area contributed by atoms with E-state index in [-0.39, 0.29) is 35.3 Å². The van der Waals surface area contributed by atoms with Gasteiger partial charge in [0.05, 0.1) is 7.11 Å². The quantitative estimate of drug-likeness (QED) is 0.638. The van der Waals surface area contributed by atoms with Gasteiger partial charge in [-0.25, -0.2) is 0 Å². The first-order valence-corrected chi connectivity index (χ1v) is 4.71. The van der Waals surface area contributed by atoms with E-state index in [0.717, 1.165) is 16.9 Å². The second kappa shape index (κ2) is 5.94. The average molecular weight is 222 g/mol. The van der Waals surface area contributed by atoms with Crippen LogP contribution in [0.15, 0.2) is 48.5 Å². The van der Waals surface area contributed by atoms with E-state index in [2.05, 4.69) is 0 Å². The van der Waals surface area contributed by atoms with Crippen molar-refractivity contribution in [3.8, 4) is 22.6 Å². The monoisotopic (exact) mass is 222 g/mol. The van der Waals surface area contributed by atoms with Crippen LogP contribution < -0.4 is 39.4 Å². The van der Waals surface area contributed by atoms with Crippen molar-refractivity contribution in [3.63, 3.8) is 0 Å². The summed E-state index contributed by atoms with van der Waals surface area (Å²) >= 11 is 0. The van der Waals surface area contributed by atoms with E-state index in [0.29, 0.717) is 0 Å². The molecule has 0 bridgehead atoms. The Balaban J connectivity index is 0.00000128. The molecule has 0 heterocycles. The van der Waals surface area contributed by atoms with Gasteiger partial charge in [-0.3, -0.25) is 0 Å². The summed E-state index contributed by atoms with van der Waals surface area (Å²) in [5, 5.41) is 10.9. The summed E-state index contributed by atoms with van der Waals surface area (Å²) < 4.78 is 5.07. The fraction of sp³-hybridized carbons (Fsp3) is 0.0769. The number of benzene rings is 2. The number of methoxy groups -OCH3 is 1. The standard InChI is InChI=1S/C13H12O2.Na/c1-15-13-8-4-11(5-9-13)10-2-6-12(14)7-3-10;/h2-9,14H,1H3;/q;+1/p-1. The van der Waals surface area contributed by atoms with Crippen LogP contribution in [0.3, 0.4) is 0 Å². The van der Waals surface area contributed by atoms with Crippen molar-refractivity contribution in [1.82, 2.24) is 0 Å². The maximum absolute atomic E-state index is 10.9. The molecule has 0 fully saturated rings. The SMILES string of the molecule is COc1ccc(-c2ccc([O-])cc2)cc1.[Na+]. The first kappa shape index (κ1) is 13.1. The third kappa shape index (κ3) is 3.01. The summed E-state index contributed by atoms with van der Waals surface area (Å²) in [6, 6.07) is 14.5. The molecule has 0 saturated heterocycles. The summed E-state index contributed by atoms with van der Waals surface area (Å²) in [6.45, 7) is 0. The van der Waals surface area contributed by atoms with Gasteiger partial charge in [-0.1, -0.05) is 36.4 Å². The molecule has 2 rings (SSSR count). The van der Waals surface area contributed by atoms with Crippen LogP contribution in [-0.4, -0.2) is 7.11 Å². The van der Waals surface area contributed by atoms with Crippen LogP contribution in [0.25, 0.3) is 11.1 Å². The molecule has 3 heteroatoms. The molecule has 0 N–H and O–H groups in total. The normalized spacial score (nSPS) is 9.31. The Kier molecular flexibility index (Phi) is 4.87. The van der Waals surface area contributed by atoms with Crippen molar-refractivity contribution in [1.29, 1.82) is 0 Å².